The first kappa shape index (κ1) is 31.4. The van der Waals surface area contributed by atoms with Crippen LogP contribution in [0.2, 0.25) is 0 Å². The van der Waals surface area contributed by atoms with Gasteiger partial charge in [0.25, 0.3) is 5.91 Å². The summed E-state index contributed by atoms with van der Waals surface area (Å²) in [5.41, 5.74) is 4.71. The molecular formula is C33H36N4O5S. The highest BCUT2D eigenvalue weighted by Gasteiger charge is 2.32. The molecule has 4 rings (SSSR count). The Balaban J connectivity index is 1.74. The lowest BCUT2D eigenvalue weighted by Gasteiger charge is -2.32. The third-order valence-corrected chi connectivity index (χ3v) is 7.57. The summed E-state index contributed by atoms with van der Waals surface area (Å²) in [5.74, 6) is 1.05. The van der Waals surface area contributed by atoms with E-state index in [1.54, 1.807) is 61.6 Å². The van der Waals surface area contributed by atoms with Gasteiger partial charge in [0, 0.05) is 24.0 Å². The molecule has 1 atom stereocenters. The molecule has 1 heterocycles. The molecule has 0 aliphatic carbocycles. The molecule has 9 nitrogen and oxygen atoms in total. The fraction of sp³-hybridized carbons (Fsp3) is 0.273. The van der Waals surface area contributed by atoms with Crippen molar-refractivity contribution in [2.75, 3.05) is 32.4 Å². The molecule has 1 aromatic heterocycles. The molecular weight excluding hydrogens is 564 g/mol. The molecule has 43 heavy (non-hydrogen) atoms. The zero-order valence-corrected chi connectivity index (χ0v) is 26.0. The average molecular weight is 601 g/mol. The number of ether oxygens (including phenoxy) is 3. The summed E-state index contributed by atoms with van der Waals surface area (Å²) < 4.78 is 16.2. The Hall–Kier alpha value is -4.57. The van der Waals surface area contributed by atoms with E-state index in [0.29, 0.717) is 33.7 Å². The zero-order chi connectivity index (χ0) is 30.9. The van der Waals surface area contributed by atoms with Crippen LogP contribution in [0.1, 0.15) is 34.1 Å². The van der Waals surface area contributed by atoms with Crippen LogP contribution in [0.3, 0.4) is 0 Å². The lowest BCUT2D eigenvalue weighted by molar-refractivity contribution is -0.137. The molecule has 0 spiro atoms. The Morgan fingerprint density at radius 1 is 0.814 bits per heavy atom. The number of aromatic nitrogens is 2. The van der Waals surface area contributed by atoms with Crippen molar-refractivity contribution in [3.63, 3.8) is 0 Å². The molecule has 0 saturated carbocycles. The van der Waals surface area contributed by atoms with Gasteiger partial charge < -0.3 is 24.4 Å². The number of benzene rings is 3. The van der Waals surface area contributed by atoms with Gasteiger partial charge in [-0.1, -0.05) is 53.7 Å². The van der Waals surface area contributed by atoms with Crippen molar-refractivity contribution in [2.24, 2.45) is 0 Å². The minimum atomic E-state index is -0.979. The Labute approximate surface area is 256 Å². The number of hydrogen-bond donors (Lipinski definition) is 1. The summed E-state index contributed by atoms with van der Waals surface area (Å²) >= 11 is 1.24. The molecule has 0 radical (unpaired) electrons. The first-order valence-electron chi connectivity index (χ1n) is 13.7. The largest absolute Gasteiger partial charge is 0.497 e. The minimum absolute atomic E-state index is 0.0422. The van der Waals surface area contributed by atoms with Gasteiger partial charge in [-0.25, -0.2) is 9.97 Å². The second kappa shape index (κ2) is 14.6. The average Bonchev–Trinajstić information content (AvgIpc) is 3.00. The number of nitrogens with one attached hydrogen (secondary N) is 1. The van der Waals surface area contributed by atoms with Gasteiger partial charge in [-0.3, -0.25) is 9.59 Å². The quantitative estimate of drug-likeness (QED) is 0.158. The molecule has 1 N–H and O–H groups in total. The number of hydrogen-bond acceptors (Lipinski definition) is 8. The molecule has 224 valence electrons. The van der Waals surface area contributed by atoms with Crippen molar-refractivity contribution in [3.05, 3.63) is 101 Å². The number of aryl methyl sites for hydroxylation is 3. The van der Waals surface area contributed by atoms with Crippen LogP contribution in [0.5, 0.6) is 17.2 Å². The molecule has 4 aromatic rings. The monoisotopic (exact) mass is 600 g/mol. The van der Waals surface area contributed by atoms with Gasteiger partial charge in [0.1, 0.15) is 23.3 Å². The number of rotatable bonds is 12. The van der Waals surface area contributed by atoms with E-state index in [1.807, 2.05) is 51.1 Å². The SMILES string of the molecule is COc1ccc(C(C(=O)Nc2ccc(OC)cc2OC)N(Cc2ccc(C)cc2)C(=O)CSc2nc(C)cc(C)n2)cc1. The van der Waals surface area contributed by atoms with E-state index in [9.17, 15) is 9.59 Å². The molecule has 1 unspecified atom stereocenters. The van der Waals surface area contributed by atoms with E-state index in [-0.39, 0.29) is 18.2 Å². The second-order valence-corrected chi connectivity index (χ2v) is 10.9. The number of amides is 2. The molecule has 10 heteroatoms. The maximum absolute atomic E-state index is 14.2. The Bertz CT molecular complexity index is 1540. The van der Waals surface area contributed by atoms with E-state index in [1.165, 1.54) is 18.9 Å². The lowest BCUT2D eigenvalue weighted by Crippen LogP contribution is -2.41. The highest BCUT2D eigenvalue weighted by atomic mass is 32.2. The van der Waals surface area contributed by atoms with E-state index in [4.69, 9.17) is 14.2 Å². The molecule has 0 saturated heterocycles. The number of anilines is 1. The molecule has 3 aromatic carbocycles. The van der Waals surface area contributed by atoms with E-state index in [2.05, 4.69) is 15.3 Å². The second-order valence-electron chi connectivity index (χ2n) is 9.96. The van der Waals surface area contributed by atoms with Crippen molar-refractivity contribution in [1.29, 1.82) is 0 Å². The Morgan fingerprint density at radius 3 is 2.05 bits per heavy atom. The van der Waals surface area contributed by atoms with Crippen LogP contribution in [-0.2, 0) is 16.1 Å². The van der Waals surface area contributed by atoms with Crippen LogP contribution in [0.4, 0.5) is 5.69 Å². The van der Waals surface area contributed by atoms with Crippen LogP contribution >= 0.6 is 11.8 Å². The summed E-state index contributed by atoms with van der Waals surface area (Å²) in [6.45, 7) is 5.99. The minimum Gasteiger partial charge on any atom is -0.497 e. The van der Waals surface area contributed by atoms with Crippen LogP contribution in [-0.4, -0.2) is 53.8 Å². The van der Waals surface area contributed by atoms with Gasteiger partial charge in [0.15, 0.2) is 5.16 Å². The van der Waals surface area contributed by atoms with Crippen LogP contribution in [0.25, 0.3) is 0 Å². The standard InChI is InChI=1S/C33H36N4O5S/c1-21-7-9-24(10-8-21)19-37(30(38)20-43-33-34-22(2)17-23(3)35-33)31(25-11-13-26(40-4)14-12-25)32(39)36-28-16-15-27(41-5)18-29(28)42-6/h7-18,31H,19-20H2,1-6H3,(H,36,39). The van der Waals surface area contributed by atoms with Gasteiger partial charge in [0.2, 0.25) is 5.91 Å². The fourth-order valence-corrected chi connectivity index (χ4v) is 5.38. The van der Waals surface area contributed by atoms with Gasteiger partial charge in [-0.15, -0.1) is 0 Å². The molecule has 0 fully saturated rings. The van der Waals surface area contributed by atoms with Gasteiger partial charge in [0.05, 0.1) is 32.8 Å². The predicted octanol–water partition coefficient (Wildman–Crippen LogP) is 5.93. The highest BCUT2D eigenvalue weighted by molar-refractivity contribution is 7.99. The number of nitrogens with zero attached hydrogens (tertiary/aromatic N) is 3. The van der Waals surface area contributed by atoms with Crippen molar-refractivity contribution in [3.8, 4) is 17.2 Å². The summed E-state index contributed by atoms with van der Waals surface area (Å²) in [6, 6.07) is 21.1. The third-order valence-electron chi connectivity index (χ3n) is 6.74. The van der Waals surface area contributed by atoms with Crippen LogP contribution < -0.4 is 19.5 Å². The predicted molar refractivity (Wildman–Crippen MR) is 168 cm³/mol. The fourth-order valence-electron chi connectivity index (χ4n) is 4.54. The molecule has 0 aliphatic rings. The van der Waals surface area contributed by atoms with E-state index in [0.717, 1.165) is 22.5 Å². The zero-order valence-electron chi connectivity index (χ0n) is 25.2. The van der Waals surface area contributed by atoms with Gasteiger partial charge >= 0.3 is 0 Å². The first-order chi connectivity index (χ1) is 20.7. The Kier molecular flexibility index (Phi) is 10.6. The van der Waals surface area contributed by atoms with Crippen LogP contribution in [0.15, 0.2) is 78.0 Å². The van der Waals surface area contributed by atoms with E-state index < -0.39 is 11.9 Å². The number of thioether (sulfide) groups is 1. The third kappa shape index (κ3) is 8.26. The normalized spacial score (nSPS) is 11.4. The lowest BCUT2D eigenvalue weighted by atomic mass is 10.0. The van der Waals surface area contributed by atoms with Crippen molar-refractivity contribution >= 4 is 29.3 Å². The molecule has 0 aliphatic heterocycles. The summed E-state index contributed by atoms with van der Waals surface area (Å²) in [6.07, 6.45) is 0. The maximum Gasteiger partial charge on any atom is 0.251 e. The number of carbonyl (C=O) groups is 2. The topological polar surface area (TPSA) is 103 Å². The first-order valence-corrected chi connectivity index (χ1v) is 14.7. The molecule has 0 bridgehead atoms. The number of carbonyl (C=O) groups excluding carboxylic acids is 2. The summed E-state index contributed by atoms with van der Waals surface area (Å²) in [5, 5.41) is 3.49. The van der Waals surface area contributed by atoms with Crippen molar-refractivity contribution < 1.29 is 23.8 Å². The highest BCUT2D eigenvalue weighted by Crippen LogP contribution is 2.33. The van der Waals surface area contributed by atoms with Gasteiger partial charge in [-0.05, 0) is 62.2 Å². The van der Waals surface area contributed by atoms with Crippen molar-refractivity contribution in [2.45, 2.75) is 38.5 Å². The van der Waals surface area contributed by atoms with Crippen LogP contribution in [0, 0.1) is 20.8 Å². The van der Waals surface area contributed by atoms with Gasteiger partial charge in [-0.2, -0.15) is 0 Å². The smallest absolute Gasteiger partial charge is 0.251 e. The maximum atomic E-state index is 14.2. The van der Waals surface area contributed by atoms with E-state index >= 15 is 0 Å². The van der Waals surface area contributed by atoms with Crippen molar-refractivity contribution in [1.82, 2.24) is 14.9 Å². The Morgan fingerprint density at radius 2 is 1.44 bits per heavy atom. The summed E-state index contributed by atoms with van der Waals surface area (Å²) in [4.78, 5) is 38.8. The molecule has 2 amide bonds. The number of methoxy groups -OCH3 is 3. The summed E-state index contributed by atoms with van der Waals surface area (Å²) in [7, 11) is 4.65.